The first-order chi connectivity index (χ1) is 13.9. The summed E-state index contributed by atoms with van der Waals surface area (Å²) >= 11 is 12.3. The first kappa shape index (κ1) is 20.2. The largest absolute Gasteiger partial charge is 0.495 e. The number of nitrogens with zero attached hydrogens (tertiary/aromatic N) is 5. The molecule has 1 saturated carbocycles. The molecule has 0 aliphatic heterocycles. The maximum atomic E-state index is 6.33. The van der Waals surface area contributed by atoms with E-state index in [1.165, 1.54) is 12.8 Å². The van der Waals surface area contributed by atoms with Gasteiger partial charge in [0, 0.05) is 24.7 Å². The predicted molar refractivity (Wildman–Crippen MR) is 115 cm³/mol. The van der Waals surface area contributed by atoms with Crippen molar-refractivity contribution in [2.45, 2.75) is 52.1 Å². The fraction of sp³-hybridized carbons (Fsp3) is 0.476. The lowest BCUT2D eigenvalue weighted by atomic mass is 9.87. The number of ether oxygens (including phenoxy) is 1. The zero-order valence-electron chi connectivity index (χ0n) is 16.9. The van der Waals surface area contributed by atoms with Crippen LogP contribution in [0.5, 0.6) is 5.75 Å². The second kappa shape index (κ2) is 8.00. The Morgan fingerprint density at radius 1 is 1.28 bits per heavy atom. The van der Waals surface area contributed by atoms with Crippen molar-refractivity contribution in [3.8, 4) is 17.1 Å². The highest BCUT2D eigenvalue weighted by Crippen LogP contribution is 2.46. The van der Waals surface area contributed by atoms with Gasteiger partial charge in [-0.2, -0.15) is 10.2 Å². The number of aromatic nitrogens is 5. The molecule has 2 heterocycles. The minimum Gasteiger partial charge on any atom is -0.495 e. The SMILES string of the molecule is COc1ccc(-c2nc(CCn3cc(Cl)cn3)n(C3CCCC3(C)C)n2)cc1Cl. The van der Waals surface area contributed by atoms with Gasteiger partial charge < -0.3 is 4.74 Å². The zero-order valence-corrected chi connectivity index (χ0v) is 18.4. The predicted octanol–water partition coefficient (Wildman–Crippen LogP) is 5.45. The minimum absolute atomic E-state index is 0.187. The van der Waals surface area contributed by atoms with E-state index in [9.17, 15) is 0 Å². The molecule has 29 heavy (non-hydrogen) atoms. The van der Waals surface area contributed by atoms with Gasteiger partial charge in [-0.05, 0) is 36.5 Å². The van der Waals surface area contributed by atoms with Crippen molar-refractivity contribution >= 4 is 23.2 Å². The van der Waals surface area contributed by atoms with E-state index < -0.39 is 0 Å². The monoisotopic (exact) mass is 433 g/mol. The maximum Gasteiger partial charge on any atom is 0.181 e. The standard InChI is InChI=1S/C21H25Cl2N5O/c1-21(2)9-4-5-18(21)28-19(8-10-27-13-15(22)12-24-27)25-20(26-28)14-6-7-17(29-3)16(23)11-14/h6-7,11-13,18H,4-5,8-10H2,1-3H3. The Morgan fingerprint density at radius 3 is 2.72 bits per heavy atom. The first-order valence-corrected chi connectivity index (χ1v) is 10.6. The van der Waals surface area contributed by atoms with Crippen molar-refractivity contribution in [1.29, 1.82) is 0 Å². The van der Waals surface area contributed by atoms with Gasteiger partial charge in [0.1, 0.15) is 11.6 Å². The van der Waals surface area contributed by atoms with Gasteiger partial charge in [-0.3, -0.25) is 4.68 Å². The summed E-state index contributed by atoms with van der Waals surface area (Å²) in [5.41, 5.74) is 1.07. The first-order valence-electron chi connectivity index (χ1n) is 9.85. The molecule has 1 aliphatic rings. The molecule has 1 aromatic carbocycles. The summed E-state index contributed by atoms with van der Waals surface area (Å²) in [7, 11) is 1.61. The Labute approximate surface area is 180 Å². The number of hydrogen-bond acceptors (Lipinski definition) is 4. The van der Waals surface area contributed by atoms with Crippen molar-refractivity contribution in [1.82, 2.24) is 24.5 Å². The van der Waals surface area contributed by atoms with E-state index in [-0.39, 0.29) is 5.41 Å². The van der Waals surface area contributed by atoms with Crippen LogP contribution in [0.2, 0.25) is 10.0 Å². The van der Waals surface area contributed by atoms with Crippen LogP contribution in [-0.2, 0) is 13.0 Å². The summed E-state index contributed by atoms with van der Waals surface area (Å²) < 4.78 is 9.23. The van der Waals surface area contributed by atoms with Crippen molar-refractivity contribution in [3.05, 3.63) is 46.5 Å². The summed E-state index contributed by atoms with van der Waals surface area (Å²) in [6.07, 6.45) is 7.70. The molecule has 0 saturated heterocycles. The minimum atomic E-state index is 0.187. The normalized spacial score (nSPS) is 18.3. The molecule has 0 amide bonds. The Morgan fingerprint density at radius 2 is 2.10 bits per heavy atom. The molecule has 1 unspecified atom stereocenters. The molecule has 0 bridgehead atoms. The lowest BCUT2D eigenvalue weighted by Crippen LogP contribution is -2.24. The molecule has 0 spiro atoms. The lowest BCUT2D eigenvalue weighted by Gasteiger charge is -2.28. The Balaban J connectivity index is 1.69. The molecule has 1 atom stereocenters. The summed E-state index contributed by atoms with van der Waals surface area (Å²) in [5.74, 6) is 2.28. The van der Waals surface area contributed by atoms with E-state index in [1.54, 1.807) is 13.3 Å². The van der Waals surface area contributed by atoms with Crippen LogP contribution in [0.1, 0.15) is 45.0 Å². The second-order valence-corrected chi connectivity index (χ2v) is 9.06. The van der Waals surface area contributed by atoms with E-state index in [1.807, 2.05) is 29.1 Å². The van der Waals surface area contributed by atoms with Gasteiger partial charge in [0.05, 0.1) is 29.4 Å². The summed E-state index contributed by atoms with van der Waals surface area (Å²) in [6, 6.07) is 5.98. The molecular weight excluding hydrogens is 409 g/mol. The molecule has 8 heteroatoms. The topological polar surface area (TPSA) is 57.8 Å². The van der Waals surface area contributed by atoms with Crippen LogP contribution in [0.15, 0.2) is 30.6 Å². The molecule has 3 aromatic rings. The smallest absolute Gasteiger partial charge is 0.181 e. The average Bonchev–Trinajstić information content (AvgIpc) is 3.37. The van der Waals surface area contributed by atoms with E-state index in [0.717, 1.165) is 24.2 Å². The van der Waals surface area contributed by atoms with Gasteiger partial charge in [0.25, 0.3) is 0 Å². The highest BCUT2D eigenvalue weighted by atomic mass is 35.5. The van der Waals surface area contributed by atoms with Crippen molar-refractivity contribution < 1.29 is 4.74 Å². The van der Waals surface area contributed by atoms with E-state index in [0.29, 0.717) is 34.2 Å². The van der Waals surface area contributed by atoms with Gasteiger partial charge >= 0.3 is 0 Å². The summed E-state index contributed by atoms with van der Waals surface area (Å²) in [4.78, 5) is 4.89. The molecule has 1 fully saturated rings. The number of aryl methyl sites for hydroxylation is 2. The van der Waals surface area contributed by atoms with Crippen LogP contribution >= 0.6 is 23.2 Å². The molecule has 6 nitrogen and oxygen atoms in total. The van der Waals surface area contributed by atoms with Gasteiger partial charge in [0.2, 0.25) is 0 Å². The second-order valence-electron chi connectivity index (χ2n) is 8.21. The van der Waals surface area contributed by atoms with Gasteiger partial charge in [-0.25, -0.2) is 9.67 Å². The average molecular weight is 434 g/mol. The molecule has 0 radical (unpaired) electrons. The molecule has 4 rings (SSSR count). The highest BCUT2D eigenvalue weighted by molar-refractivity contribution is 6.32. The Bertz CT molecular complexity index is 1010. The van der Waals surface area contributed by atoms with Crippen LogP contribution in [-0.4, -0.2) is 31.7 Å². The van der Waals surface area contributed by atoms with Crippen LogP contribution < -0.4 is 4.74 Å². The lowest BCUT2D eigenvalue weighted by molar-refractivity contribution is 0.237. The zero-order chi connectivity index (χ0) is 20.6. The van der Waals surface area contributed by atoms with Crippen LogP contribution in [0.4, 0.5) is 0 Å². The summed E-state index contributed by atoms with van der Waals surface area (Å²) in [5, 5.41) is 10.4. The molecule has 2 aromatic heterocycles. The van der Waals surface area contributed by atoms with E-state index in [2.05, 4.69) is 23.6 Å². The molecule has 154 valence electrons. The Hall–Kier alpha value is -2.05. The fourth-order valence-electron chi connectivity index (χ4n) is 4.14. The van der Waals surface area contributed by atoms with Gasteiger partial charge in [0.15, 0.2) is 5.82 Å². The maximum absolute atomic E-state index is 6.33. The number of rotatable bonds is 6. The molecular formula is C21H25Cl2N5O. The molecule has 1 aliphatic carbocycles. The highest BCUT2D eigenvalue weighted by Gasteiger charge is 2.38. The van der Waals surface area contributed by atoms with Crippen molar-refractivity contribution in [2.24, 2.45) is 5.41 Å². The number of halogens is 2. The fourth-order valence-corrected chi connectivity index (χ4v) is 4.55. The van der Waals surface area contributed by atoms with E-state index in [4.69, 9.17) is 38.0 Å². The third kappa shape index (κ3) is 4.14. The van der Waals surface area contributed by atoms with Crippen LogP contribution in [0, 0.1) is 5.41 Å². The molecule has 0 N–H and O–H groups in total. The van der Waals surface area contributed by atoms with Crippen molar-refractivity contribution in [2.75, 3.05) is 7.11 Å². The number of methoxy groups -OCH3 is 1. The third-order valence-corrected chi connectivity index (χ3v) is 6.26. The van der Waals surface area contributed by atoms with Crippen LogP contribution in [0.25, 0.3) is 11.4 Å². The number of hydrogen-bond donors (Lipinski definition) is 0. The van der Waals surface area contributed by atoms with Gasteiger partial charge in [-0.15, -0.1) is 0 Å². The van der Waals surface area contributed by atoms with Gasteiger partial charge in [-0.1, -0.05) is 43.5 Å². The quantitative estimate of drug-likeness (QED) is 0.518. The summed E-state index contributed by atoms with van der Waals surface area (Å²) in [6.45, 7) is 5.32. The Kier molecular flexibility index (Phi) is 5.58. The third-order valence-electron chi connectivity index (χ3n) is 5.77. The van der Waals surface area contributed by atoms with Crippen LogP contribution in [0.3, 0.4) is 0 Å². The number of benzene rings is 1. The van der Waals surface area contributed by atoms with Crippen molar-refractivity contribution in [3.63, 3.8) is 0 Å². The van der Waals surface area contributed by atoms with E-state index >= 15 is 0 Å².